The Hall–Kier alpha value is -2.74. The van der Waals surface area contributed by atoms with Crippen molar-refractivity contribution >= 4 is 35.6 Å². The maximum absolute atomic E-state index is 11.5. The van der Waals surface area contributed by atoms with Gasteiger partial charge in [0, 0.05) is 6.08 Å². The van der Waals surface area contributed by atoms with Crippen molar-refractivity contribution in [3.05, 3.63) is 28.8 Å². The second-order valence-corrected chi connectivity index (χ2v) is 4.73. The summed E-state index contributed by atoms with van der Waals surface area (Å²) in [4.78, 5) is 33.1. The molecular formula is C15H17ClN2O6. The topological polar surface area (TPSA) is 117 Å². The summed E-state index contributed by atoms with van der Waals surface area (Å²) in [6.45, 7) is 1.60. The molecule has 0 aromatic heterocycles. The van der Waals surface area contributed by atoms with Gasteiger partial charge in [0.2, 0.25) is 0 Å². The Morgan fingerprint density at radius 2 is 2.04 bits per heavy atom. The van der Waals surface area contributed by atoms with Gasteiger partial charge in [-0.15, -0.1) is 0 Å². The zero-order valence-corrected chi connectivity index (χ0v) is 13.9. The third-order valence-electron chi connectivity index (χ3n) is 2.56. The number of nitrogens with one attached hydrogen (secondary N) is 1. The molecule has 1 aromatic rings. The maximum Gasteiger partial charge on any atom is 0.331 e. The van der Waals surface area contributed by atoms with Crippen LogP contribution in [0.2, 0.25) is 5.02 Å². The first-order valence-corrected chi connectivity index (χ1v) is 7.19. The van der Waals surface area contributed by atoms with Gasteiger partial charge in [-0.3, -0.25) is 10.1 Å². The fourth-order valence-electron chi connectivity index (χ4n) is 1.67. The highest BCUT2D eigenvalue weighted by atomic mass is 35.5. The number of benzene rings is 1. The maximum atomic E-state index is 11.5. The van der Waals surface area contributed by atoms with E-state index in [0.29, 0.717) is 28.7 Å². The molecule has 3 amide bonds. The number of carbonyl (C=O) groups is 3. The number of methoxy groups -OCH3 is 1. The van der Waals surface area contributed by atoms with Crippen LogP contribution < -0.4 is 20.5 Å². The lowest BCUT2D eigenvalue weighted by Crippen LogP contribution is -2.37. The molecule has 0 aliphatic rings. The van der Waals surface area contributed by atoms with Gasteiger partial charge >= 0.3 is 12.0 Å². The Bertz CT molecular complexity index is 660. The molecule has 0 spiro atoms. The number of rotatable bonds is 7. The van der Waals surface area contributed by atoms with Crippen molar-refractivity contribution in [1.82, 2.24) is 5.32 Å². The first-order chi connectivity index (χ1) is 11.4. The van der Waals surface area contributed by atoms with Crippen LogP contribution in [0.15, 0.2) is 18.2 Å². The SMILES string of the molecule is CCOc1cc(/C=C/C(=O)OCC(=O)NC(N)=O)cc(Cl)c1OC. The summed E-state index contributed by atoms with van der Waals surface area (Å²) in [5.41, 5.74) is 5.32. The van der Waals surface area contributed by atoms with E-state index in [9.17, 15) is 14.4 Å². The third-order valence-corrected chi connectivity index (χ3v) is 2.84. The zero-order valence-electron chi connectivity index (χ0n) is 13.1. The van der Waals surface area contributed by atoms with Crippen LogP contribution in [0.1, 0.15) is 12.5 Å². The molecule has 0 radical (unpaired) electrons. The number of hydrogen-bond donors (Lipinski definition) is 2. The summed E-state index contributed by atoms with van der Waals surface area (Å²) in [7, 11) is 1.47. The van der Waals surface area contributed by atoms with Gasteiger partial charge in [0.25, 0.3) is 5.91 Å². The van der Waals surface area contributed by atoms with Gasteiger partial charge in [0.1, 0.15) is 0 Å². The summed E-state index contributed by atoms with van der Waals surface area (Å²) in [6.07, 6.45) is 2.54. The first kappa shape index (κ1) is 19.3. The number of esters is 1. The largest absolute Gasteiger partial charge is 0.491 e. The molecule has 0 heterocycles. The van der Waals surface area contributed by atoms with Crippen molar-refractivity contribution in [3.63, 3.8) is 0 Å². The van der Waals surface area contributed by atoms with E-state index in [1.807, 2.05) is 6.92 Å². The standard InChI is InChI=1S/C15H17ClN2O6/c1-3-23-11-7-9(6-10(16)14(11)22-2)4-5-13(20)24-8-12(19)18-15(17)21/h4-7H,3,8H2,1-2H3,(H3,17,18,19,21)/b5-4+. The molecule has 0 atom stereocenters. The van der Waals surface area contributed by atoms with Gasteiger partial charge in [-0.25, -0.2) is 9.59 Å². The number of imide groups is 1. The minimum Gasteiger partial charge on any atom is -0.491 e. The van der Waals surface area contributed by atoms with E-state index in [4.69, 9.17) is 26.8 Å². The van der Waals surface area contributed by atoms with Crippen LogP contribution in [-0.4, -0.2) is 38.2 Å². The number of nitrogens with two attached hydrogens (primary N) is 1. The van der Waals surface area contributed by atoms with Gasteiger partial charge in [-0.1, -0.05) is 11.6 Å². The van der Waals surface area contributed by atoms with Crippen LogP contribution in [0.4, 0.5) is 4.79 Å². The molecule has 8 nitrogen and oxygen atoms in total. The molecular weight excluding hydrogens is 340 g/mol. The predicted molar refractivity (Wildman–Crippen MR) is 86.9 cm³/mol. The molecule has 0 fully saturated rings. The fourth-order valence-corrected chi connectivity index (χ4v) is 1.96. The molecule has 0 aliphatic carbocycles. The van der Waals surface area contributed by atoms with Crippen molar-refractivity contribution < 1.29 is 28.6 Å². The van der Waals surface area contributed by atoms with E-state index in [2.05, 4.69) is 4.74 Å². The minimum absolute atomic E-state index is 0.317. The lowest BCUT2D eigenvalue weighted by Gasteiger charge is -2.11. The van der Waals surface area contributed by atoms with Crippen molar-refractivity contribution in [2.24, 2.45) is 5.73 Å². The lowest BCUT2D eigenvalue weighted by molar-refractivity contribution is -0.143. The second-order valence-electron chi connectivity index (χ2n) is 4.32. The van der Waals surface area contributed by atoms with Crippen LogP contribution in [-0.2, 0) is 14.3 Å². The smallest absolute Gasteiger partial charge is 0.331 e. The summed E-state index contributed by atoms with van der Waals surface area (Å²) in [5, 5.41) is 2.08. The van der Waals surface area contributed by atoms with Crippen molar-refractivity contribution in [3.8, 4) is 11.5 Å². The lowest BCUT2D eigenvalue weighted by atomic mass is 10.2. The molecule has 0 aliphatic heterocycles. The monoisotopic (exact) mass is 356 g/mol. The number of hydrogen-bond acceptors (Lipinski definition) is 6. The average Bonchev–Trinajstić information content (AvgIpc) is 2.50. The Morgan fingerprint density at radius 1 is 1.33 bits per heavy atom. The van der Waals surface area contributed by atoms with E-state index in [-0.39, 0.29) is 0 Å². The number of primary amides is 1. The van der Waals surface area contributed by atoms with Crippen LogP contribution in [0.25, 0.3) is 6.08 Å². The summed E-state index contributed by atoms with van der Waals surface area (Å²) >= 11 is 6.09. The van der Waals surface area contributed by atoms with E-state index >= 15 is 0 Å². The molecule has 3 N–H and O–H groups in total. The number of carbonyl (C=O) groups excluding carboxylic acids is 3. The minimum atomic E-state index is -1.03. The van der Waals surface area contributed by atoms with Crippen molar-refractivity contribution in [2.45, 2.75) is 6.92 Å². The zero-order chi connectivity index (χ0) is 18.1. The summed E-state index contributed by atoms with van der Waals surface area (Å²) < 4.78 is 15.2. The fraction of sp³-hybridized carbons (Fsp3) is 0.267. The summed E-state index contributed by atoms with van der Waals surface area (Å²) in [6, 6.07) is 2.19. The predicted octanol–water partition coefficient (Wildman–Crippen LogP) is 1.50. The van der Waals surface area contributed by atoms with Crippen LogP contribution in [0, 0.1) is 0 Å². The Labute approximate surface area is 143 Å². The molecule has 1 rings (SSSR count). The van der Waals surface area contributed by atoms with E-state index in [0.717, 1.165) is 6.08 Å². The Balaban J connectivity index is 2.74. The average molecular weight is 357 g/mol. The quantitative estimate of drug-likeness (QED) is 0.564. The highest BCUT2D eigenvalue weighted by Gasteiger charge is 2.11. The molecule has 24 heavy (non-hydrogen) atoms. The van der Waals surface area contributed by atoms with Crippen LogP contribution in [0.5, 0.6) is 11.5 Å². The van der Waals surface area contributed by atoms with E-state index in [1.54, 1.807) is 17.4 Å². The number of ether oxygens (including phenoxy) is 3. The molecule has 0 saturated carbocycles. The second kappa shape index (κ2) is 9.41. The van der Waals surface area contributed by atoms with E-state index in [1.165, 1.54) is 13.2 Å². The van der Waals surface area contributed by atoms with Gasteiger partial charge < -0.3 is 19.9 Å². The molecule has 9 heteroatoms. The molecule has 0 bridgehead atoms. The Kier molecular flexibility index (Phi) is 7.57. The number of urea groups is 1. The summed E-state index contributed by atoms with van der Waals surface area (Å²) in [5.74, 6) is -0.780. The van der Waals surface area contributed by atoms with Crippen molar-refractivity contribution in [2.75, 3.05) is 20.3 Å². The van der Waals surface area contributed by atoms with E-state index < -0.39 is 24.5 Å². The van der Waals surface area contributed by atoms with Gasteiger partial charge in [0.05, 0.1) is 18.7 Å². The third kappa shape index (κ3) is 6.17. The number of amides is 3. The van der Waals surface area contributed by atoms with Crippen LogP contribution >= 0.6 is 11.6 Å². The van der Waals surface area contributed by atoms with Gasteiger partial charge in [-0.05, 0) is 30.7 Å². The first-order valence-electron chi connectivity index (χ1n) is 6.81. The normalized spacial score (nSPS) is 10.3. The molecule has 0 unspecified atom stereocenters. The molecule has 1 aromatic carbocycles. The molecule has 130 valence electrons. The highest BCUT2D eigenvalue weighted by molar-refractivity contribution is 6.32. The van der Waals surface area contributed by atoms with Crippen molar-refractivity contribution in [1.29, 1.82) is 0 Å². The van der Waals surface area contributed by atoms with Crippen LogP contribution in [0.3, 0.4) is 0 Å². The molecule has 0 saturated heterocycles. The highest BCUT2D eigenvalue weighted by Crippen LogP contribution is 2.36. The number of halogens is 1. The van der Waals surface area contributed by atoms with Gasteiger partial charge in [-0.2, -0.15) is 0 Å². The van der Waals surface area contributed by atoms with Gasteiger partial charge in [0.15, 0.2) is 18.1 Å². The Morgan fingerprint density at radius 3 is 2.62 bits per heavy atom.